The molecule has 130 valence electrons. The molecule has 1 N–H and O–H groups in total. The Hall–Kier alpha value is -2.47. The minimum atomic E-state index is -0.176. The number of nitrogens with one attached hydrogen (secondary N) is 1. The van der Waals surface area contributed by atoms with Gasteiger partial charge in [0, 0.05) is 31.6 Å². The van der Waals surface area contributed by atoms with E-state index < -0.39 is 0 Å². The van der Waals surface area contributed by atoms with Crippen molar-refractivity contribution in [2.45, 2.75) is 31.8 Å². The van der Waals surface area contributed by atoms with Crippen molar-refractivity contribution in [3.63, 3.8) is 0 Å². The van der Waals surface area contributed by atoms with Gasteiger partial charge in [0.05, 0.1) is 6.10 Å². The Morgan fingerprint density at radius 3 is 3.08 bits per heavy atom. The van der Waals surface area contributed by atoms with Crippen molar-refractivity contribution in [2.75, 3.05) is 24.6 Å². The van der Waals surface area contributed by atoms with Crippen LogP contribution in [0.4, 0.5) is 11.6 Å². The van der Waals surface area contributed by atoms with E-state index in [1.807, 2.05) is 6.07 Å². The summed E-state index contributed by atoms with van der Waals surface area (Å²) in [4.78, 5) is 23.4. The van der Waals surface area contributed by atoms with Gasteiger partial charge in [-0.25, -0.2) is 9.97 Å². The van der Waals surface area contributed by atoms with Crippen LogP contribution in [0.5, 0.6) is 0 Å². The number of aryl methyl sites for hydroxylation is 1. The summed E-state index contributed by atoms with van der Waals surface area (Å²) in [6.45, 7) is 2.18. The smallest absolute Gasteiger partial charge is 0.270 e. The number of nitrogens with zero attached hydrogens (tertiary/aromatic N) is 3. The molecule has 1 amide bonds. The lowest BCUT2D eigenvalue weighted by molar-refractivity contribution is 0.0853. The minimum absolute atomic E-state index is 0.124. The zero-order valence-corrected chi connectivity index (χ0v) is 14.1. The number of carbonyl (C=O) groups is 1. The lowest BCUT2D eigenvalue weighted by Crippen LogP contribution is -2.33. The van der Waals surface area contributed by atoms with Crippen LogP contribution < -0.4 is 10.2 Å². The average Bonchev–Trinajstić information content (AvgIpc) is 3.19. The molecule has 6 heteroatoms. The second kappa shape index (κ2) is 7.19. The Morgan fingerprint density at radius 2 is 2.20 bits per heavy atom. The number of para-hydroxylation sites is 1. The summed E-state index contributed by atoms with van der Waals surface area (Å²) >= 11 is 0. The lowest BCUT2D eigenvalue weighted by Gasteiger charge is -2.29. The van der Waals surface area contributed by atoms with E-state index in [-0.39, 0.29) is 12.0 Å². The summed E-state index contributed by atoms with van der Waals surface area (Å²) in [5.74, 6) is 0.404. The molecule has 0 aliphatic carbocycles. The maximum Gasteiger partial charge on any atom is 0.270 e. The minimum Gasteiger partial charge on any atom is -0.376 e. The third-order valence-corrected chi connectivity index (χ3v) is 4.74. The number of benzene rings is 1. The van der Waals surface area contributed by atoms with Crippen molar-refractivity contribution >= 4 is 17.5 Å². The molecular formula is C19H22N4O2. The van der Waals surface area contributed by atoms with Gasteiger partial charge in [-0.15, -0.1) is 0 Å². The molecule has 2 aromatic rings. The van der Waals surface area contributed by atoms with Gasteiger partial charge in [0.1, 0.15) is 5.69 Å². The Kier molecular flexibility index (Phi) is 4.61. The van der Waals surface area contributed by atoms with Gasteiger partial charge in [-0.1, -0.05) is 18.2 Å². The maximum atomic E-state index is 12.4. The monoisotopic (exact) mass is 338 g/mol. The molecule has 0 spiro atoms. The Labute approximate surface area is 147 Å². The molecule has 1 saturated heterocycles. The van der Waals surface area contributed by atoms with E-state index in [1.54, 1.807) is 12.3 Å². The Bertz CT molecular complexity index is 759. The second-order valence-electron chi connectivity index (χ2n) is 6.47. The molecule has 1 fully saturated rings. The number of anilines is 2. The maximum absolute atomic E-state index is 12.4. The largest absolute Gasteiger partial charge is 0.376 e. The van der Waals surface area contributed by atoms with Gasteiger partial charge in [0.2, 0.25) is 5.95 Å². The predicted molar refractivity (Wildman–Crippen MR) is 95.1 cm³/mol. The van der Waals surface area contributed by atoms with Crippen molar-refractivity contribution in [3.05, 3.63) is 47.8 Å². The van der Waals surface area contributed by atoms with Gasteiger partial charge in [-0.05, 0) is 43.4 Å². The lowest BCUT2D eigenvalue weighted by atomic mass is 10.0. The molecule has 4 rings (SSSR count). The highest BCUT2D eigenvalue weighted by Crippen LogP contribution is 2.31. The first-order valence-electron chi connectivity index (χ1n) is 8.89. The number of amides is 1. The quantitative estimate of drug-likeness (QED) is 0.927. The summed E-state index contributed by atoms with van der Waals surface area (Å²) in [6.07, 6.45) is 5.95. The van der Waals surface area contributed by atoms with Gasteiger partial charge >= 0.3 is 0 Å². The van der Waals surface area contributed by atoms with E-state index in [1.165, 1.54) is 5.56 Å². The molecule has 3 heterocycles. The van der Waals surface area contributed by atoms with E-state index in [2.05, 4.69) is 38.4 Å². The summed E-state index contributed by atoms with van der Waals surface area (Å²) in [5, 5.41) is 2.92. The van der Waals surface area contributed by atoms with Crippen LogP contribution in [0, 0.1) is 0 Å². The molecule has 1 atom stereocenters. The predicted octanol–water partition coefficient (Wildman–Crippen LogP) is 2.47. The molecule has 1 aromatic carbocycles. The van der Waals surface area contributed by atoms with Crippen molar-refractivity contribution in [2.24, 2.45) is 0 Å². The van der Waals surface area contributed by atoms with Crippen molar-refractivity contribution in [1.29, 1.82) is 0 Å². The number of hydrogen-bond acceptors (Lipinski definition) is 5. The third kappa shape index (κ3) is 3.49. The van der Waals surface area contributed by atoms with Crippen LogP contribution in [0.25, 0.3) is 0 Å². The van der Waals surface area contributed by atoms with E-state index in [4.69, 9.17) is 4.74 Å². The summed E-state index contributed by atoms with van der Waals surface area (Å²) in [6, 6.07) is 9.96. The van der Waals surface area contributed by atoms with Crippen LogP contribution in [0.2, 0.25) is 0 Å². The molecule has 0 bridgehead atoms. The molecular weight excluding hydrogens is 316 g/mol. The van der Waals surface area contributed by atoms with Crippen LogP contribution in [-0.2, 0) is 11.2 Å². The fourth-order valence-corrected chi connectivity index (χ4v) is 3.45. The number of fused-ring (bicyclic) bond motifs is 1. The van der Waals surface area contributed by atoms with Gasteiger partial charge in [-0.3, -0.25) is 4.79 Å². The van der Waals surface area contributed by atoms with Crippen LogP contribution >= 0.6 is 0 Å². The Balaban J connectivity index is 1.51. The first kappa shape index (κ1) is 16.0. The van der Waals surface area contributed by atoms with Crippen molar-refractivity contribution in [3.8, 4) is 0 Å². The number of aromatic nitrogens is 2. The summed E-state index contributed by atoms with van der Waals surface area (Å²) < 4.78 is 5.54. The second-order valence-corrected chi connectivity index (χ2v) is 6.47. The number of carbonyl (C=O) groups excluding carboxylic acids is 1. The zero-order chi connectivity index (χ0) is 17.1. The third-order valence-electron chi connectivity index (χ3n) is 4.74. The molecule has 0 saturated carbocycles. The molecule has 1 unspecified atom stereocenters. The van der Waals surface area contributed by atoms with E-state index in [0.29, 0.717) is 18.2 Å². The summed E-state index contributed by atoms with van der Waals surface area (Å²) in [7, 11) is 0. The van der Waals surface area contributed by atoms with Crippen molar-refractivity contribution in [1.82, 2.24) is 15.3 Å². The highest BCUT2D eigenvalue weighted by molar-refractivity contribution is 5.92. The van der Waals surface area contributed by atoms with Gasteiger partial charge < -0.3 is 15.0 Å². The van der Waals surface area contributed by atoms with Gasteiger partial charge in [-0.2, -0.15) is 0 Å². The normalized spacial score (nSPS) is 19.5. The first-order valence-corrected chi connectivity index (χ1v) is 8.89. The van der Waals surface area contributed by atoms with Crippen LogP contribution in [0.1, 0.15) is 35.3 Å². The molecule has 1 aromatic heterocycles. The van der Waals surface area contributed by atoms with Crippen LogP contribution in [-0.4, -0.2) is 41.7 Å². The van der Waals surface area contributed by atoms with Gasteiger partial charge in [0.25, 0.3) is 5.91 Å². The Morgan fingerprint density at radius 1 is 1.28 bits per heavy atom. The highest BCUT2D eigenvalue weighted by Gasteiger charge is 2.21. The fourth-order valence-electron chi connectivity index (χ4n) is 3.45. The highest BCUT2D eigenvalue weighted by atomic mass is 16.5. The molecule has 6 nitrogen and oxygen atoms in total. The standard InChI is InChI=1S/C19H22N4O2/c24-18(21-13-15-7-4-12-25-15)16-9-10-20-19(22-16)23-11-3-6-14-5-1-2-8-17(14)23/h1-2,5,8-10,15H,3-4,6-7,11-13H2,(H,21,24). The molecule has 2 aliphatic rings. The van der Waals surface area contributed by atoms with E-state index in [0.717, 1.165) is 44.5 Å². The first-order chi connectivity index (χ1) is 12.3. The molecule has 0 radical (unpaired) electrons. The molecule has 2 aliphatic heterocycles. The van der Waals surface area contributed by atoms with Crippen molar-refractivity contribution < 1.29 is 9.53 Å². The number of hydrogen-bond donors (Lipinski definition) is 1. The average molecular weight is 338 g/mol. The van der Waals surface area contributed by atoms with E-state index in [9.17, 15) is 4.79 Å². The SMILES string of the molecule is O=C(NCC1CCCO1)c1ccnc(N2CCCc3ccccc32)n1. The van der Waals surface area contributed by atoms with Gasteiger partial charge in [0.15, 0.2) is 0 Å². The fraction of sp³-hybridized carbons (Fsp3) is 0.421. The molecule has 25 heavy (non-hydrogen) atoms. The van der Waals surface area contributed by atoms with E-state index >= 15 is 0 Å². The number of rotatable bonds is 4. The van der Waals surface area contributed by atoms with Crippen LogP contribution in [0.3, 0.4) is 0 Å². The number of ether oxygens (including phenoxy) is 1. The van der Waals surface area contributed by atoms with Crippen LogP contribution in [0.15, 0.2) is 36.5 Å². The summed E-state index contributed by atoms with van der Waals surface area (Å²) in [5.41, 5.74) is 2.82. The zero-order valence-electron chi connectivity index (χ0n) is 14.1. The topological polar surface area (TPSA) is 67.3 Å².